The van der Waals surface area contributed by atoms with Gasteiger partial charge in [0, 0.05) is 19.2 Å². The molecule has 0 radical (unpaired) electrons. The number of rotatable bonds is 5. The van der Waals surface area contributed by atoms with Crippen LogP contribution in [0.3, 0.4) is 0 Å². The maximum absolute atomic E-state index is 11.7. The molecule has 0 saturated carbocycles. The number of carbonyl (C=O) groups excluding carboxylic acids is 1. The molecule has 0 aliphatic carbocycles. The average molecular weight is 235 g/mol. The zero-order chi connectivity index (χ0) is 12.8. The van der Waals surface area contributed by atoms with Crippen molar-refractivity contribution in [3.05, 3.63) is 29.8 Å². The van der Waals surface area contributed by atoms with Gasteiger partial charge in [-0.2, -0.15) is 0 Å². The van der Waals surface area contributed by atoms with Crippen LogP contribution in [0, 0.1) is 0 Å². The molecule has 0 heterocycles. The first-order valence-corrected chi connectivity index (χ1v) is 5.62. The Hall–Kier alpha value is -1.84. The van der Waals surface area contributed by atoms with Crippen molar-refractivity contribution in [2.24, 2.45) is 0 Å². The second kappa shape index (κ2) is 6.03. The van der Waals surface area contributed by atoms with Gasteiger partial charge in [0.25, 0.3) is 0 Å². The van der Waals surface area contributed by atoms with E-state index in [0.717, 1.165) is 12.1 Å². The molecule has 0 aromatic heterocycles. The van der Waals surface area contributed by atoms with Crippen molar-refractivity contribution >= 4 is 17.6 Å². The minimum absolute atomic E-state index is 0.0291. The fourth-order valence-electron chi connectivity index (χ4n) is 1.48. The molecule has 1 aromatic rings. The number of nitrogens with zero attached hydrogens (tertiary/aromatic N) is 1. The van der Waals surface area contributed by atoms with Crippen LogP contribution < -0.4 is 4.90 Å². The van der Waals surface area contributed by atoms with Gasteiger partial charge in [-0.3, -0.25) is 9.59 Å². The number of aryl methyl sites for hydroxylation is 1. The summed E-state index contributed by atoms with van der Waals surface area (Å²) in [5.74, 6) is -1.13. The van der Waals surface area contributed by atoms with Crippen molar-refractivity contribution in [3.63, 3.8) is 0 Å². The second-order valence-electron chi connectivity index (χ2n) is 3.87. The highest BCUT2D eigenvalue weighted by atomic mass is 16.4. The predicted octanol–water partition coefficient (Wildman–Crippen LogP) is 2.08. The minimum atomic E-state index is -0.951. The lowest BCUT2D eigenvalue weighted by atomic mass is 10.1. The zero-order valence-corrected chi connectivity index (χ0v) is 10.1. The molecule has 0 atom stereocenters. The van der Waals surface area contributed by atoms with E-state index < -0.39 is 5.97 Å². The fourth-order valence-corrected chi connectivity index (χ4v) is 1.48. The molecular weight excluding hydrogens is 218 g/mol. The molecule has 1 aromatic carbocycles. The van der Waals surface area contributed by atoms with E-state index in [9.17, 15) is 9.59 Å². The molecular formula is C13H17NO3. The molecule has 0 unspecified atom stereocenters. The lowest BCUT2D eigenvalue weighted by Gasteiger charge is -2.17. The van der Waals surface area contributed by atoms with Crippen molar-refractivity contribution in [1.29, 1.82) is 0 Å². The summed E-state index contributed by atoms with van der Waals surface area (Å²) in [6.45, 7) is 2.07. The number of amides is 1. The summed E-state index contributed by atoms with van der Waals surface area (Å²) in [6.07, 6.45) is 0.856. The molecule has 1 N–H and O–H groups in total. The summed E-state index contributed by atoms with van der Waals surface area (Å²) < 4.78 is 0. The number of aliphatic carboxylic acids is 1. The normalized spacial score (nSPS) is 10.0. The molecule has 92 valence electrons. The Morgan fingerprint density at radius 2 is 1.76 bits per heavy atom. The van der Waals surface area contributed by atoms with Crippen LogP contribution in [0.25, 0.3) is 0 Å². The van der Waals surface area contributed by atoms with E-state index in [4.69, 9.17) is 5.11 Å². The quantitative estimate of drug-likeness (QED) is 0.850. The van der Waals surface area contributed by atoms with E-state index in [1.807, 2.05) is 24.3 Å². The first kappa shape index (κ1) is 13.2. The molecule has 0 saturated heterocycles. The van der Waals surface area contributed by atoms with E-state index in [1.54, 1.807) is 7.05 Å². The van der Waals surface area contributed by atoms with Crippen molar-refractivity contribution in [2.45, 2.75) is 26.2 Å². The van der Waals surface area contributed by atoms with Crippen LogP contribution >= 0.6 is 0 Å². The lowest BCUT2D eigenvalue weighted by Crippen LogP contribution is -2.26. The van der Waals surface area contributed by atoms with Gasteiger partial charge < -0.3 is 10.0 Å². The van der Waals surface area contributed by atoms with Gasteiger partial charge in [0.2, 0.25) is 5.91 Å². The summed E-state index contributed by atoms with van der Waals surface area (Å²) >= 11 is 0. The highest BCUT2D eigenvalue weighted by molar-refractivity contribution is 5.94. The molecule has 4 nitrogen and oxygen atoms in total. The Balaban J connectivity index is 2.64. The van der Waals surface area contributed by atoms with E-state index in [1.165, 1.54) is 10.5 Å². The highest BCUT2D eigenvalue weighted by Gasteiger charge is 2.12. The summed E-state index contributed by atoms with van der Waals surface area (Å²) in [7, 11) is 1.66. The fraction of sp³-hybridized carbons (Fsp3) is 0.385. The van der Waals surface area contributed by atoms with Gasteiger partial charge in [-0.05, 0) is 24.1 Å². The number of hydrogen-bond acceptors (Lipinski definition) is 2. The number of anilines is 1. The van der Waals surface area contributed by atoms with E-state index in [2.05, 4.69) is 6.92 Å². The van der Waals surface area contributed by atoms with E-state index in [-0.39, 0.29) is 18.7 Å². The van der Waals surface area contributed by atoms with E-state index >= 15 is 0 Å². The first-order valence-electron chi connectivity index (χ1n) is 5.62. The highest BCUT2D eigenvalue weighted by Crippen LogP contribution is 2.15. The smallest absolute Gasteiger partial charge is 0.303 e. The van der Waals surface area contributed by atoms with Gasteiger partial charge in [-0.15, -0.1) is 0 Å². The van der Waals surface area contributed by atoms with Gasteiger partial charge in [0.1, 0.15) is 0 Å². The van der Waals surface area contributed by atoms with Crippen LogP contribution in [0.5, 0.6) is 0 Å². The third-order valence-electron chi connectivity index (χ3n) is 2.66. The van der Waals surface area contributed by atoms with Crippen LogP contribution in [-0.2, 0) is 16.0 Å². The number of carboxylic acid groups (broad SMARTS) is 1. The van der Waals surface area contributed by atoms with Gasteiger partial charge in [-0.25, -0.2) is 0 Å². The summed E-state index contributed by atoms with van der Waals surface area (Å²) in [6, 6.07) is 7.68. The number of carboxylic acids is 1. The van der Waals surface area contributed by atoms with Crippen LogP contribution in [0.15, 0.2) is 24.3 Å². The second-order valence-corrected chi connectivity index (χ2v) is 3.87. The van der Waals surface area contributed by atoms with E-state index in [0.29, 0.717) is 0 Å². The molecule has 0 spiro atoms. The Kier molecular flexibility index (Phi) is 4.69. The zero-order valence-electron chi connectivity index (χ0n) is 10.1. The van der Waals surface area contributed by atoms with Crippen LogP contribution in [0.2, 0.25) is 0 Å². The third kappa shape index (κ3) is 3.90. The SMILES string of the molecule is CCc1ccc(N(C)C(=O)CCC(=O)O)cc1. The Morgan fingerprint density at radius 3 is 2.24 bits per heavy atom. The Bertz CT molecular complexity index is 398. The topological polar surface area (TPSA) is 57.6 Å². The van der Waals surface area contributed by atoms with Crippen molar-refractivity contribution in [3.8, 4) is 0 Å². The summed E-state index contributed by atoms with van der Waals surface area (Å²) in [5, 5.41) is 8.51. The Morgan fingerprint density at radius 1 is 1.18 bits per heavy atom. The molecule has 1 amide bonds. The monoisotopic (exact) mass is 235 g/mol. The van der Waals surface area contributed by atoms with Crippen molar-refractivity contribution in [1.82, 2.24) is 0 Å². The summed E-state index contributed by atoms with van der Waals surface area (Å²) in [5.41, 5.74) is 2.00. The van der Waals surface area contributed by atoms with Gasteiger partial charge in [0.05, 0.1) is 6.42 Å². The van der Waals surface area contributed by atoms with Crippen LogP contribution in [-0.4, -0.2) is 24.0 Å². The number of carbonyl (C=O) groups is 2. The predicted molar refractivity (Wildman–Crippen MR) is 66.1 cm³/mol. The average Bonchev–Trinajstić information content (AvgIpc) is 2.35. The molecule has 0 aliphatic rings. The van der Waals surface area contributed by atoms with Crippen LogP contribution in [0.4, 0.5) is 5.69 Å². The Labute approximate surface area is 101 Å². The van der Waals surface area contributed by atoms with Crippen LogP contribution in [0.1, 0.15) is 25.3 Å². The van der Waals surface area contributed by atoms with Gasteiger partial charge in [-0.1, -0.05) is 19.1 Å². The number of hydrogen-bond donors (Lipinski definition) is 1. The molecule has 17 heavy (non-hydrogen) atoms. The number of benzene rings is 1. The molecule has 0 fully saturated rings. The van der Waals surface area contributed by atoms with Gasteiger partial charge >= 0.3 is 5.97 Å². The van der Waals surface area contributed by atoms with Gasteiger partial charge in [0.15, 0.2) is 0 Å². The molecule has 1 rings (SSSR count). The molecule has 4 heteroatoms. The maximum Gasteiger partial charge on any atom is 0.303 e. The lowest BCUT2D eigenvalue weighted by molar-refractivity contribution is -0.138. The molecule has 0 aliphatic heterocycles. The minimum Gasteiger partial charge on any atom is -0.481 e. The molecule has 0 bridgehead atoms. The van der Waals surface area contributed by atoms with Crippen molar-refractivity contribution < 1.29 is 14.7 Å². The third-order valence-corrected chi connectivity index (χ3v) is 2.66. The summed E-state index contributed by atoms with van der Waals surface area (Å²) in [4.78, 5) is 23.5. The maximum atomic E-state index is 11.7. The first-order chi connectivity index (χ1) is 8.04. The van der Waals surface area contributed by atoms with Crippen molar-refractivity contribution in [2.75, 3.05) is 11.9 Å². The standard InChI is InChI=1S/C13H17NO3/c1-3-10-4-6-11(7-5-10)14(2)12(15)8-9-13(16)17/h4-7H,3,8-9H2,1-2H3,(H,16,17). The largest absolute Gasteiger partial charge is 0.481 e.